The molecule has 1 aliphatic heterocycles. The SMILES string of the molecule is O=S1(=O)CCC(Nc2nncc(Nc3ccccc3Cl)n2)C1. The molecule has 0 aliphatic carbocycles. The van der Waals surface area contributed by atoms with Gasteiger partial charge in [0.25, 0.3) is 0 Å². The number of anilines is 3. The van der Waals surface area contributed by atoms with Crippen molar-refractivity contribution in [3.05, 3.63) is 35.5 Å². The number of nitrogens with one attached hydrogen (secondary N) is 2. The zero-order valence-electron chi connectivity index (χ0n) is 11.5. The fourth-order valence-electron chi connectivity index (χ4n) is 2.22. The number of para-hydroxylation sites is 1. The van der Waals surface area contributed by atoms with E-state index in [-0.39, 0.29) is 17.5 Å². The van der Waals surface area contributed by atoms with Gasteiger partial charge in [-0.15, -0.1) is 5.10 Å². The smallest absolute Gasteiger partial charge is 0.244 e. The van der Waals surface area contributed by atoms with Crippen LogP contribution in [-0.2, 0) is 9.84 Å². The van der Waals surface area contributed by atoms with E-state index in [0.29, 0.717) is 28.9 Å². The van der Waals surface area contributed by atoms with Crippen LogP contribution in [0.4, 0.5) is 17.5 Å². The number of nitrogens with zero attached hydrogens (tertiary/aromatic N) is 3. The fraction of sp³-hybridized carbons (Fsp3) is 0.308. The van der Waals surface area contributed by atoms with Crippen LogP contribution in [0.3, 0.4) is 0 Å². The first-order valence-corrected chi connectivity index (χ1v) is 8.90. The molecule has 3 rings (SSSR count). The minimum absolute atomic E-state index is 0.0958. The summed E-state index contributed by atoms with van der Waals surface area (Å²) in [6, 6.07) is 7.09. The van der Waals surface area contributed by atoms with E-state index in [0.717, 1.165) is 0 Å². The normalized spacial score (nSPS) is 19.8. The Bertz CT molecular complexity index is 784. The Labute approximate surface area is 133 Å². The van der Waals surface area contributed by atoms with E-state index in [1.807, 2.05) is 18.2 Å². The maximum Gasteiger partial charge on any atom is 0.244 e. The van der Waals surface area contributed by atoms with Crippen molar-refractivity contribution in [2.45, 2.75) is 12.5 Å². The van der Waals surface area contributed by atoms with Crippen LogP contribution in [0.2, 0.25) is 5.02 Å². The highest BCUT2D eigenvalue weighted by molar-refractivity contribution is 7.91. The van der Waals surface area contributed by atoms with Gasteiger partial charge in [0.1, 0.15) is 0 Å². The molecule has 1 saturated heterocycles. The number of rotatable bonds is 4. The summed E-state index contributed by atoms with van der Waals surface area (Å²) in [5, 5.41) is 14.4. The first-order chi connectivity index (χ1) is 10.5. The topological polar surface area (TPSA) is 96.9 Å². The highest BCUT2D eigenvalue weighted by atomic mass is 35.5. The van der Waals surface area contributed by atoms with Crippen LogP contribution in [0.5, 0.6) is 0 Å². The first kappa shape index (κ1) is 15.0. The lowest BCUT2D eigenvalue weighted by molar-refractivity contribution is 0.602. The van der Waals surface area contributed by atoms with Gasteiger partial charge in [0, 0.05) is 6.04 Å². The lowest BCUT2D eigenvalue weighted by Crippen LogP contribution is -2.22. The fourth-order valence-corrected chi connectivity index (χ4v) is 4.07. The summed E-state index contributed by atoms with van der Waals surface area (Å²) in [7, 11) is -2.95. The number of aromatic nitrogens is 3. The second-order valence-electron chi connectivity index (χ2n) is 5.01. The van der Waals surface area contributed by atoms with E-state index in [1.165, 1.54) is 6.20 Å². The van der Waals surface area contributed by atoms with E-state index >= 15 is 0 Å². The molecule has 9 heteroatoms. The monoisotopic (exact) mass is 339 g/mol. The highest BCUT2D eigenvalue weighted by Crippen LogP contribution is 2.24. The Kier molecular flexibility index (Phi) is 4.12. The van der Waals surface area contributed by atoms with Gasteiger partial charge in [0.15, 0.2) is 15.7 Å². The Balaban J connectivity index is 1.72. The van der Waals surface area contributed by atoms with Gasteiger partial charge in [0.05, 0.1) is 28.4 Å². The van der Waals surface area contributed by atoms with Gasteiger partial charge in [-0.1, -0.05) is 23.7 Å². The van der Waals surface area contributed by atoms with E-state index in [2.05, 4.69) is 25.8 Å². The lowest BCUT2D eigenvalue weighted by atomic mass is 10.3. The Hall–Kier alpha value is -1.93. The minimum Gasteiger partial charge on any atom is -0.349 e. The first-order valence-electron chi connectivity index (χ1n) is 6.70. The molecule has 0 amide bonds. The van der Waals surface area contributed by atoms with Gasteiger partial charge in [-0.3, -0.25) is 0 Å². The largest absolute Gasteiger partial charge is 0.349 e. The van der Waals surface area contributed by atoms with Gasteiger partial charge < -0.3 is 10.6 Å². The Morgan fingerprint density at radius 3 is 2.82 bits per heavy atom. The summed E-state index contributed by atoms with van der Waals surface area (Å²) in [4.78, 5) is 4.27. The number of sulfone groups is 1. The maximum atomic E-state index is 11.5. The predicted octanol–water partition coefficient (Wildman–Crippen LogP) is 1.87. The van der Waals surface area contributed by atoms with Crippen LogP contribution in [0.15, 0.2) is 30.5 Å². The second-order valence-corrected chi connectivity index (χ2v) is 7.65. The molecule has 2 aromatic rings. The molecular weight excluding hydrogens is 326 g/mol. The van der Waals surface area contributed by atoms with E-state index in [1.54, 1.807) is 6.07 Å². The molecule has 1 fully saturated rings. The van der Waals surface area contributed by atoms with Crippen LogP contribution in [0, 0.1) is 0 Å². The van der Waals surface area contributed by atoms with Crippen molar-refractivity contribution >= 4 is 38.9 Å². The molecule has 116 valence electrons. The Morgan fingerprint density at radius 2 is 2.09 bits per heavy atom. The third-order valence-corrected chi connectivity index (χ3v) is 5.36. The van der Waals surface area contributed by atoms with Crippen molar-refractivity contribution in [3.8, 4) is 0 Å². The second kappa shape index (κ2) is 6.05. The van der Waals surface area contributed by atoms with Crippen molar-refractivity contribution in [3.63, 3.8) is 0 Å². The van der Waals surface area contributed by atoms with Crippen LogP contribution in [0.1, 0.15) is 6.42 Å². The summed E-state index contributed by atoms with van der Waals surface area (Å²) in [5.41, 5.74) is 0.707. The van der Waals surface area contributed by atoms with E-state index < -0.39 is 9.84 Å². The minimum atomic E-state index is -2.95. The zero-order valence-corrected chi connectivity index (χ0v) is 13.1. The van der Waals surface area contributed by atoms with E-state index in [4.69, 9.17) is 11.6 Å². The summed E-state index contributed by atoms with van der Waals surface area (Å²) < 4.78 is 22.9. The van der Waals surface area contributed by atoms with Crippen molar-refractivity contribution in [2.75, 3.05) is 22.1 Å². The molecule has 0 saturated carbocycles. The molecule has 1 atom stereocenters. The highest BCUT2D eigenvalue weighted by Gasteiger charge is 2.28. The summed E-state index contributed by atoms with van der Waals surface area (Å²) >= 11 is 6.07. The van der Waals surface area contributed by atoms with Crippen LogP contribution >= 0.6 is 11.6 Å². The molecule has 1 aliphatic rings. The standard InChI is InChI=1S/C13H14ClN5O2S/c14-10-3-1-2-4-11(10)17-12-7-15-19-13(18-12)16-9-5-6-22(20,21)8-9/h1-4,7,9H,5-6,8H2,(H2,16,17,18,19). The van der Waals surface area contributed by atoms with Gasteiger partial charge in [-0.25, -0.2) is 8.42 Å². The predicted molar refractivity (Wildman–Crippen MR) is 85.2 cm³/mol. The molecule has 1 aromatic carbocycles. The number of hydrogen-bond acceptors (Lipinski definition) is 7. The van der Waals surface area contributed by atoms with Crippen LogP contribution in [0.25, 0.3) is 0 Å². The molecule has 22 heavy (non-hydrogen) atoms. The maximum absolute atomic E-state index is 11.5. The number of benzene rings is 1. The van der Waals surface area contributed by atoms with Gasteiger partial charge in [-0.05, 0) is 18.6 Å². The van der Waals surface area contributed by atoms with Crippen molar-refractivity contribution < 1.29 is 8.42 Å². The van der Waals surface area contributed by atoms with Crippen LogP contribution in [-0.4, -0.2) is 41.1 Å². The molecule has 1 aromatic heterocycles. The molecule has 0 spiro atoms. The molecule has 2 heterocycles. The average molecular weight is 340 g/mol. The third kappa shape index (κ3) is 3.63. The number of halogens is 1. The quantitative estimate of drug-likeness (QED) is 0.877. The Morgan fingerprint density at radius 1 is 1.27 bits per heavy atom. The van der Waals surface area contributed by atoms with Gasteiger partial charge in [0.2, 0.25) is 5.95 Å². The lowest BCUT2D eigenvalue weighted by Gasteiger charge is -2.11. The summed E-state index contributed by atoms with van der Waals surface area (Å²) in [6.45, 7) is 0. The summed E-state index contributed by atoms with van der Waals surface area (Å²) in [5.74, 6) is 1.05. The van der Waals surface area contributed by atoms with Crippen molar-refractivity contribution in [1.82, 2.24) is 15.2 Å². The molecular formula is C13H14ClN5O2S. The molecule has 0 bridgehead atoms. The van der Waals surface area contributed by atoms with Gasteiger partial charge in [-0.2, -0.15) is 10.1 Å². The zero-order chi connectivity index (χ0) is 15.6. The molecule has 7 nitrogen and oxygen atoms in total. The van der Waals surface area contributed by atoms with Crippen molar-refractivity contribution in [1.29, 1.82) is 0 Å². The molecule has 2 N–H and O–H groups in total. The molecule has 1 unspecified atom stereocenters. The van der Waals surface area contributed by atoms with Crippen molar-refractivity contribution in [2.24, 2.45) is 0 Å². The van der Waals surface area contributed by atoms with Crippen LogP contribution < -0.4 is 10.6 Å². The summed E-state index contributed by atoms with van der Waals surface area (Å²) in [6.07, 6.45) is 2.02. The average Bonchev–Trinajstić information content (AvgIpc) is 2.81. The van der Waals surface area contributed by atoms with E-state index in [9.17, 15) is 8.42 Å². The molecule has 0 radical (unpaired) electrons. The number of hydrogen-bond donors (Lipinski definition) is 2. The third-order valence-electron chi connectivity index (χ3n) is 3.26. The van der Waals surface area contributed by atoms with Gasteiger partial charge >= 0.3 is 0 Å².